The second kappa shape index (κ2) is 6.71. The minimum Gasteiger partial charge on any atom is -0.348 e. The zero-order chi connectivity index (χ0) is 18.1. The van der Waals surface area contributed by atoms with Crippen molar-refractivity contribution in [1.82, 2.24) is 14.5 Å². The van der Waals surface area contributed by atoms with E-state index >= 15 is 0 Å². The molecule has 0 bridgehead atoms. The summed E-state index contributed by atoms with van der Waals surface area (Å²) in [6, 6.07) is 17.2. The Bertz CT molecular complexity index is 1000. The first-order chi connectivity index (χ1) is 12.6. The van der Waals surface area contributed by atoms with Gasteiger partial charge in [0.2, 0.25) is 0 Å². The fourth-order valence-corrected chi connectivity index (χ4v) is 3.03. The van der Waals surface area contributed by atoms with Crippen molar-refractivity contribution < 1.29 is 4.39 Å². The van der Waals surface area contributed by atoms with Crippen LogP contribution in [0.15, 0.2) is 67.0 Å². The first-order valence-corrected chi connectivity index (χ1v) is 8.77. The van der Waals surface area contributed by atoms with Crippen LogP contribution in [0.4, 0.5) is 4.39 Å². The van der Waals surface area contributed by atoms with Crippen LogP contribution in [-0.2, 0) is 6.54 Å². The summed E-state index contributed by atoms with van der Waals surface area (Å²) in [5, 5.41) is 0. The molecular formula is C22H20FN3. The number of imidazole rings is 1. The molecule has 0 amide bonds. The van der Waals surface area contributed by atoms with Gasteiger partial charge in [-0.3, -0.25) is 0 Å². The topological polar surface area (TPSA) is 30.7 Å². The van der Waals surface area contributed by atoms with E-state index in [1.165, 1.54) is 17.2 Å². The zero-order valence-corrected chi connectivity index (χ0v) is 14.9. The van der Waals surface area contributed by atoms with Crippen molar-refractivity contribution in [1.29, 1.82) is 0 Å². The predicted molar refractivity (Wildman–Crippen MR) is 102 cm³/mol. The van der Waals surface area contributed by atoms with Crippen molar-refractivity contribution >= 4 is 0 Å². The van der Waals surface area contributed by atoms with Crippen LogP contribution < -0.4 is 0 Å². The number of aromatic nitrogens is 3. The Morgan fingerprint density at radius 3 is 2.38 bits per heavy atom. The standard InChI is InChI=1S/C22H20FN3/c1-15(2)17-9-7-16(8-10-17)13-26-12-11-20-21(14-26)25-22(24-20)18-5-3-4-6-19(18)23/h3-12,14-15H,13H2,1-2H3. The van der Waals surface area contributed by atoms with E-state index in [4.69, 9.17) is 0 Å². The minimum atomic E-state index is -0.305. The number of benzene rings is 2. The average Bonchev–Trinajstić information content (AvgIpc) is 3.05. The number of rotatable bonds is 4. The summed E-state index contributed by atoms with van der Waals surface area (Å²) in [4.78, 5) is 8.97. The van der Waals surface area contributed by atoms with E-state index in [1.54, 1.807) is 18.2 Å². The van der Waals surface area contributed by atoms with Crippen molar-refractivity contribution in [3.8, 4) is 22.8 Å². The summed E-state index contributed by atoms with van der Waals surface area (Å²) in [5.74, 6) is 0.655. The van der Waals surface area contributed by atoms with Crippen LogP contribution >= 0.6 is 0 Å². The molecule has 0 saturated heterocycles. The third kappa shape index (κ3) is 3.23. The highest BCUT2D eigenvalue weighted by molar-refractivity contribution is 5.65. The summed E-state index contributed by atoms with van der Waals surface area (Å²) in [5.41, 5.74) is 4.54. The Kier molecular flexibility index (Phi) is 4.25. The van der Waals surface area contributed by atoms with E-state index in [1.807, 2.05) is 18.5 Å². The molecule has 4 heteroatoms. The lowest BCUT2D eigenvalue weighted by Gasteiger charge is -2.10. The highest BCUT2D eigenvalue weighted by atomic mass is 19.1. The summed E-state index contributed by atoms with van der Waals surface area (Å²) >= 11 is 0. The first-order valence-electron chi connectivity index (χ1n) is 8.77. The maximum absolute atomic E-state index is 14.0. The van der Waals surface area contributed by atoms with E-state index in [2.05, 4.69) is 52.6 Å². The number of pyridine rings is 1. The van der Waals surface area contributed by atoms with Crippen LogP contribution in [0.1, 0.15) is 30.9 Å². The van der Waals surface area contributed by atoms with Crippen LogP contribution in [-0.4, -0.2) is 14.5 Å². The number of hydrogen-bond acceptors (Lipinski definition) is 2. The molecule has 2 aliphatic rings. The normalized spacial score (nSPS) is 11.4. The van der Waals surface area contributed by atoms with Crippen molar-refractivity contribution in [2.24, 2.45) is 0 Å². The molecule has 0 atom stereocenters. The molecule has 2 aromatic carbocycles. The van der Waals surface area contributed by atoms with Gasteiger partial charge in [0.1, 0.15) is 11.5 Å². The van der Waals surface area contributed by atoms with Gasteiger partial charge in [-0.05, 0) is 35.2 Å². The summed E-state index contributed by atoms with van der Waals surface area (Å²) < 4.78 is 16.1. The Morgan fingerprint density at radius 1 is 0.923 bits per heavy atom. The van der Waals surface area contributed by atoms with Gasteiger partial charge in [0.05, 0.1) is 11.3 Å². The lowest BCUT2D eigenvalue weighted by atomic mass is 10.0. The molecule has 0 fully saturated rings. The van der Waals surface area contributed by atoms with Gasteiger partial charge in [0, 0.05) is 18.9 Å². The van der Waals surface area contributed by atoms with Crippen LogP contribution in [0.25, 0.3) is 22.8 Å². The Labute approximate surface area is 152 Å². The Morgan fingerprint density at radius 2 is 1.65 bits per heavy atom. The smallest absolute Gasteiger partial charge is 0.163 e. The maximum Gasteiger partial charge on any atom is 0.163 e. The quantitative estimate of drug-likeness (QED) is 0.498. The molecule has 2 aliphatic heterocycles. The van der Waals surface area contributed by atoms with Crippen molar-refractivity contribution in [2.45, 2.75) is 26.3 Å². The maximum atomic E-state index is 14.0. The number of halogens is 1. The zero-order valence-electron chi connectivity index (χ0n) is 14.9. The summed E-state index contributed by atoms with van der Waals surface area (Å²) in [7, 11) is 0. The van der Waals surface area contributed by atoms with Crippen LogP contribution in [0.5, 0.6) is 0 Å². The van der Waals surface area contributed by atoms with Crippen LogP contribution in [0, 0.1) is 5.82 Å². The van der Waals surface area contributed by atoms with Gasteiger partial charge in [-0.2, -0.15) is 0 Å². The van der Waals surface area contributed by atoms with Crippen molar-refractivity contribution in [3.63, 3.8) is 0 Å². The lowest BCUT2D eigenvalue weighted by Crippen LogP contribution is -2.01. The molecule has 130 valence electrons. The molecule has 26 heavy (non-hydrogen) atoms. The summed E-state index contributed by atoms with van der Waals surface area (Å²) in [6.45, 7) is 5.15. The molecular weight excluding hydrogens is 325 g/mol. The van der Waals surface area contributed by atoms with Gasteiger partial charge in [-0.25, -0.2) is 14.4 Å². The molecule has 0 spiro atoms. The molecule has 0 unspecified atom stereocenters. The van der Waals surface area contributed by atoms with Gasteiger partial charge < -0.3 is 4.57 Å². The van der Waals surface area contributed by atoms with E-state index < -0.39 is 0 Å². The molecule has 2 aromatic rings. The number of nitrogens with zero attached hydrogens (tertiary/aromatic N) is 3. The van der Waals surface area contributed by atoms with Crippen molar-refractivity contribution in [3.05, 3.63) is 83.9 Å². The largest absolute Gasteiger partial charge is 0.348 e. The lowest BCUT2D eigenvalue weighted by molar-refractivity contribution is 0.630. The Hall–Kier alpha value is -3.01. The molecule has 0 radical (unpaired) electrons. The van der Waals surface area contributed by atoms with Gasteiger partial charge in [0.25, 0.3) is 0 Å². The fraction of sp³-hybridized carbons (Fsp3) is 0.182. The SMILES string of the molecule is CC(C)c1ccc(Cn2ccc3nc(-c4ccccc4F)nc-3c2)cc1. The monoisotopic (exact) mass is 345 g/mol. The molecule has 0 aliphatic carbocycles. The summed E-state index contributed by atoms with van der Waals surface area (Å²) in [6.07, 6.45) is 3.95. The fourth-order valence-electron chi connectivity index (χ4n) is 3.03. The third-order valence-corrected chi connectivity index (χ3v) is 4.55. The molecule has 4 rings (SSSR count). The highest BCUT2D eigenvalue weighted by Crippen LogP contribution is 2.26. The molecule has 0 aromatic heterocycles. The second-order valence-electron chi connectivity index (χ2n) is 6.81. The van der Waals surface area contributed by atoms with Gasteiger partial charge in [-0.1, -0.05) is 50.2 Å². The molecule has 2 heterocycles. The Balaban J connectivity index is 1.62. The number of fused-ring (bicyclic) bond motifs is 1. The predicted octanol–water partition coefficient (Wildman–Crippen LogP) is 5.36. The minimum absolute atomic E-state index is 0.305. The van der Waals surface area contributed by atoms with Crippen LogP contribution in [0.3, 0.4) is 0 Å². The van der Waals surface area contributed by atoms with Gasteiger partial charge >= 0.3 is 0 Å². The third-order valence-electron chi connectivity index (χ3n) is 4.55. The van der Waals surface area contributed by atoms with Gasteiger partial charge in [0.15, 0.2) is 5.82 Å². The second-order valence-corrected chi connectivity index (χ2v) is 6.81. The van der Waals surface area contributed by atoms with Crippen LogP contribution in [0.2, 0.25) is 0 Å². The molecule has 0 N–H and O–H groups in total. The van der Waals surface area contributed by atoms with Crippen molar-refractivity contribution in [2.75, 3.05) is 0 Å². The number of hydrogen-bond donors (Lipinski definition) is 0. The average molecular weight is 345 g/mol. The van der Waals surface area contributed by atoms with E-state index in [0.29, 0.717) is 17.3 Å². The van der Waals surface area contributed by atoms with Gasteiger partial charge in [-0.15, -0.1) is 0 Å². The molecule has 0 saturated carbocycles. The highest BCUT2D eigenvalue weighted by Gasteiger charge is 2.15. The first kappa shape index (κ1) is 16.5. The molecule has 3 nitrogen and oxygen atoms in total. The van der Waals surface area contributed by atoms with E-state index in [-0.39, 0.29) is 5.82 Å². The van der Waals surface area contributed by atoms with E-state index in [0.717, 1.165) is 17.9 Å². The van der Waals surface area contributed by atoms with E-state index in [9.17, 15) is 4.39 Å².